The average molecular weight is 312 g/mol. The first-order valence-electron chi connectivity index (χ1n) is 6.86. The van der Waals surface area contributed by atoms with Crippen molar-refractivity contribution in [2.24, 2.45) is 5.92 Å². The molecular formula is C14H20N2O2S2. The quantitative estimate of drug-likeness (QED) is 0.662. The van der Waals surface area contributed by atoms with Crippen LogP contribution < -0.4 is 10.6 Å². The largest absolute Gasteiger partial charge is 0.465 e. The smallest absolute Gasteiger partial charge is 0.348 e. The molecule has 0 amide bonds. The Hall–Kier alpha value is -1.14. The summed E-state index contributed by atoms with van der Waals surface area (Å²) in [5.74, 6) is 0.334. The number of hydrogen-bond acceptors (Lipinski definition) is 4. The van der Waals surface area contributed by atoms with Gasteiger partial charge in [0.1, 0.15) is 4.88 Å². The number of carbonyl (C=O) groups is 1. The number of esters is 1. The van der Waals surface area contributed by atoms with Crippen LogP contribution in [0.25, 0.3) is 0 Å². The zero-order valence-corrected chi connectivity index (χ0v) is 13.4. The minimum Gasteiger partial charge on any atom is -0.465 e. The molecule has 1 aliphatic rings. The molecule has 20 heavy (non-hydrogen) atoms. The Morgan fingerprint density at radius 2 is 2.15 bits per heavy atom. The first-order chi connectivity index (χ1) is 9.60. The Morgan fingerprint density at radius 1 is 1.40 bits per heavy atom. The molecule has 2 rings (SSSR count). The zero-order valence-electron chi connectivity index (χ0n) is 11.8. The van der Waals surface area contributed by atoms with E-state index < -0.39 is 0 Å². The van der Waals surface area contributed by atoms with Gasteiger partial charge in [0.05, 0.1) is 12.1 Å². The van der Waals surface area contributed by atoms with Crippen LogP contribution in [-0.4, -0.2) is 24.2 Å². The molecule has 4 nitrogen and oxygen atoms in total. The second-order valence-corrected chi connectivity index (χ2v) is 6.61. The Labute approximate surface area is 128 Å². The van der Waals surface area contributed by atoms with Crippen LogP contribution in [0.3, 0.4) is 0 Å². The van der Waals surface area contributed by atoms with Gasteiger partial charge in [-0.2, -0.15) is 0 Å². The summed E-state index contributed by atoms with van der Waals surface area (Å²) < 4.78 is 4.69. The molecule has 2 atom stereocenters. The molecule has 0 unspecified atom stereocenters. The van der Waals surface area contributed by atoms with Crippen LogP contribution in [0.5, 0.6) is 0 Å². The maximum atomic E-state index is 11.4. The highest BCUT2D eigenvalue weighted by Crippen LogP contribution is 2.25. The zero-order chi connectivity index (χ0) is 14.5. The molecule has 0 bridgehead atoms. The summed E-state index contributed by atoms with van der Waals surface area (Å²) in [5.41, 5.74) is 0. The third-order valence-electron chi connectivity index (χ3n) is 3.66. The summed E-state index contributed by atoms with van der Waals surface area (Å²) in [6, 6.07) is 4.03. The predicted octanol–water partition coefficient (Wildman–Crippen LogP) is 3.40. The van der Waals surface area contributed by atoms with Crippen LogP contribution >= 0.6 is 23.6 Å². The molecule has 1 aromatic heterocycles. The number of ether oxygens (including phenoxy) is 1. The fourth-order valence-electron chi connectivity index (χ4n) is 2.46. The first kappa shape index (κ1) is 15.3. The van der Waals surface area contributed by atoms with E-state index in [1.54, 1.807) is 6.07 Å². The Balaban J connectivity index is 1.87. The van der Waals surface area contributed by atoms with E-state index in [9.17, 15) is 4.79 Å². The van der Waals surface area contributed by atoms with E-state index in [1.165, 1.54) is 44.1 Å². The SMILES string of the molecule is COC(=O)c1ccc(NC(=S)N[C@@H]2CCCC[C@@H]2C)s1. The molecule has 1 aliphatic carbocycles. The van der Waals surface area contributed by atoms with Crippen molar-refractivity contribution in [2.75, 3.05) is 12.4 Å². The summed E-state index contributed by atoms with van der Waals surface area (Å²) in [4.78, 5) is 12.0. The molecule has 110 valence electrons. The minimum atomic E-state index is -0.317. The molecule has 0 aromatic carbocycles. The highest BCUT2D eigenvalue weighted by Gasteiger charge is 2.21. The van der Waals surface area contributed by atoms with Crippen LogP contribution in [0.1, 0.15) is 42.3 Å². The van der Waals surface area contributed by atoms with Gasteiger partial charge in [0.2, 0.25) is 0 Å². The van der Waals surface area contributed by atoms with E-state index in [4.69, 9.17) is 12.2 Å². The average Bonchev–Trinajstić information content (AvgIpc) is 2.89. The van der Waals surface area contributed by atoms with Crippen LogP contribution in [0.2, 0.25) is 0 Å². The first-order valence-corrected chi connectivity index (χ1v) is 8.08. The lowest BCUT2D eigenvalue weighted by atomic mass is 9.86. The second kappa shape index (κ2) is 7.04. The summed E-state index contributed by atoms with van der Waals surface area (Å²) in [6.07, 6.45) is 5.00. The van der Waals surface area contributed by atoms with Crippen molar-refractivity contribution in [3.05, 3.63) is 17.0 Å². The van der Waals surface area contributed by atoms with Gasteiger partial charge in [-0.15, -0.1) is 11.3 Å². The monoisotopic (exact) mass is 312 g/mol. The maximum absolute atomic E-state index is 11.4. The van der Waals surface area contributed by atoms with E-state index in [0.29, 0.717) is 21.9 Å². The standard InChI is InChI=1S/C14H20N2O2S2/c1-9-5-3-4-6-10(9)15-14(19)16-12-8-7-11(20-12)13(17)18-2/h7-10H,3-6H2,1-2H3,(H2,15,16,19)/t9-,10+/m0/s1. The van der Waals surface area contributed by atoms with E-state index >= 15 is 0 Å². The molecule has 1 aromatic rings. The van der Waals surface area contributed by atoms with Gasteiger partial charge < -0.3 is 15.4 Å². The van der Waals surface area contributed by atoms with Gasteiger partial charge in [-0.1, -0.05) is 19.8 Å². The molecule has 1 heterocycles. The topological polar surface area (TPSA) is 50.4 Å². The summed E-state index contributed by atoms with van der Waals surface area (Å²) in [5, 5.41) is 8.00. The number of hydrogen-bond donors (Lipinski definition) is 2. The molecule has 0 radical (unpaired) electrons. The molecular weight excluding hydrogens is 292 g/mol. The molecule has 6 heteroatoms. The number of rotatable bonds is 3. The number of nitrogens with one attached hydrogen (secondary N) is 2. The number of thiocarbonyl (C=S) groups is 1. The highest BCUT2D eigenvalue weighted by atomic mass is 32.1. The summed E-state index contributed by atoms with van der Waals surface area (Å²) in [6.45, 7) is 2.26. The van der Waals surface area contributed by atoms with Crippen LogP contribution in [-0.2, 0) is 4.74 Å². The van der Waals surface area contributed by atoms with Gasteiger partial charge in [-0.25, -0.2) is 4.79 Å². The number of methoxy groups -OCH3 is 1. The fourth-order valence-corrected chi connectivity index (χ4v) is 3.62. The molecule has 0 aliphatic heterocycles. The van der Waals surface area contributed by atoms with Crippen molar-refractivity contribution in [1.29, 1.82) is 0 Å². The number of thiophene rings is 1. The van der Waals surface area contributed by atoms with E-state index in [-0.39, 0.29) is 5.97 Å². The molecule has 1 saturated carbocycles. The van der Waals surface area contributed by atoms with Crippen LogP contribution in [0.15, 0.2) is 12.1 Å². The Morgan fingerprint density at radius 3 is 2.85 bits per heavy atom. The van der Waals surface area contributed by atoms with Gasteiger partial charge in [0, 0.05) is 6.04 Å². The van der Waals surface area contributed by atoms with Crippen molar-refractivity contribution in [3.63, 3.8) is 0 Å². The van der Waals surface area contributed by atoms with Crippen molar-refractivity contribution in [3.8, 4) is 0 Å². The second-order valence-electron chi connectivity index (χ2n) is 5.12. The molecule has 2 N–H and O–H groups in total. The van der Waals surface area contributed by atoms with Crippen molar-refractivity contribution < 1.29 is 9.53 Å². The Bertz CT molecular complexity index is 487. The molecule has 1 fully saturated rings. The van der Waals surface area contributed by atoms with Gasteiger partial charge in [-0.3, -0.25) is 0 Å². The van der Waals surface area contributed by atoms with Crippen molar-refractivity contribution in [2.45, 2.75) is 38.6 Å². The predicted molar refractivity (Wildman–Crippen MR) is 86.4 cm³/mol. The third-order valence-corrected chi connectivity index (χ3v) is 4.86. The summed E-state index contributed by atoms with van der Waals surface area (Å²) >= 11 is 6.68. The van der Waals surface area contributed by atoms with E-state index in [2.05, 4.69) is 22.3 Å². The maximum Gasteiger partial charge on any atom is 0.348 e. The van der Waals surface area contributed by atoms with E-state index in [0.717, 1.165) is 5.00 Å². The number of anilines is 1. The molecule has 0 spiro atoms. The van der Waals surface area contributed by atoms with Crippen molar-refractivity contribution in [1.82, 2.24) is 5.32 Å². The Kier molecular flexibility index (Phi) is 5.37. The molecule has 0 saturated heterocycles. The third kappa shape index (κ3) is 3.93. The number of carbonyl (C=O) groups excluding carboxylic acids is 1. The van der Waals surface area contributed by atoms with Gasteiger partial charge in [0.15, 0.2) is 5.11 Å². The lowest BCUT2D eigenvalue weighted by Crippen LogP contribution is -2.42. The van der Waals surface area contributed by atoms with Crippen LogP contribution in [0, 0.1) is 5.92 Å². The lowest BCUT2D eigenvalue weighted by molar-refractivity contribution is 0.0606. The fraction of sp³-hybridized carbons (Fsp3) is 0.571. The van der Waals surface area contributed by atoms with E-state index in [1.807, 2.05) is 6.07 Å². The van der Waals surface area contributed by atoms with Crippen molar-refractivity contribution >= 4 is 39.6 Å². The van der Waals surface area contributed by atoms with Crippen LogP contribution in [0.4, 0.5) is 5.00 Å². The normalized spacial score (nSPS) is 22.1. The van der Waals surface area contributed by atoms with Gasteiger partial charge >= 0.3 is 5.97 Å². The highest BCUT2D eigenvalue weighted by molar-refractivity contribution is 7.80. The minimum absolute atomic E-state index is 0.317. The lowest BCUT2D eigenvalue weighted by Gasteiger charge is -2.30. The van der Waals surface area contributed by atoms with Gasteiger partial charge in [-0.05, 0) is 43.1 Å². The summed E-state index contributed by atoms with van der Waals surface area (Å²) in [7, 11) is 1.38. The van der Waals surface area contributed by atoms with Gasteiger partial charge in [0.25, 0.3) is 0 Å².